The van der Waals surface area contributed by atoms with Gasteiger partial charge in [0.15, 0.2) is 0 Å². The van der Waals surface area contributed by atoms with Gasteiger partial charge in [-0.15, -0.1) is 0 Å². The van der Waals surface area contributed by atoms with Crippen LogP contribution in [0.2, 0.25) is 0 Å². The standard InChI is InChI=1S/C26H34N2/c1-9-23-24(19-10-12-20(13-11-19)25(3,4)5)18(2)28(27-23)22-16-14-21(15-17-22)26(6,7)8/h10-17H,9H2,1-8H3. The Morgan fingerprint density at radius 1 is 0.750 bits per heavy atom. The van der Waals surface area contributed by atoms with Crippen LogP contribution in [0.15, 0.2) is 48.5 Å². The summed E-state index contributed by atoms with van der Waals surface area (Å²) in [4.78, 5) is 0. The molecule has 0 aliphatic rings. The molecule has 0 N–H and O–H groups in total. The summed E-state index contributed by atoms with van der Waals surface area (Å²) in [6.45, 7) is 17.9. The Kier molecular flexibility index (Phi) is 5.27. The van der Waals surface area contributed by atoms with Crippen molar-refractivity contribution in [3.63, 3.8) is 0 Å². The summed E-state index contributed by atoms with van der Waals surface area (Å²) in [5.41, 5.74) is 9.02. The molecule has 3 aromatic rings. The topological polar surface area (TPSA) is 17.8 Å². The van der Waals surface area contributed by atoms with Gasteiger partial charge in [-0.1, -0.05) is 84.9 Å². The van der Waals surface area contributed by atoms with Gasteiger partial charge in [0.2, 0.25) is 0 Å². The molecule has 0 atom stereocenters. The van der Waals surface area contributed by atoms with Crippen LogP contribution in [0.25, 0.3) is 16.8 Å². The van der Waals surface area contributed by atoms with Crippen molar-refractivity contribution in [2.45, 2.75) is 72.6 Å². The Hall–Kier alpha value is -2.35. The van der Waals surface area contributed by atoms with E-state index in [1.165, 1.54) is 27.9 Å². The summed E-state index contributed by atoms with van der Waals surface area (Å²) < 4.78 is 2.10. The fourth-order valence-electron chi connectivity index (χ4n) is 3.67. The predicted octanol–water partition coefficient (Wildman–Crippen LogP) is 7.01. The molecule has 3 rings (SSSR count). The number of nitrogens with zero attached hydrogens (tertiary/aromatic N) is 2. The number of aromatic nitrogens is 2. The second-order valence-electron chi connectivity index (χ2n) is 9.80. The van der Waals surface area contributed by atoms with Crippen LogP contribution < -0.4 is 0 Å². The summed E-state index contributed by atoms with van der Waals surface area (Å²) in [5, 5.41) is 4.95. The number of rotatable bonds is 3. The van der Waals surface area contributed by atoms with Crippen LogP contribution >= 0.6 is 0 Å². The maximum Gasteiger partial charge on any atom is 0.0707 e. The van der Waals surface area contributed by atoms with Crippen molar-refractivity contribution < 1.29 is 0 Å². The van der Waals surface area contributed by atoms with Gasteiger partial charge in [0, 0.05) is 11.3 Å². The van der Waals surface area contributed by atoms with Gasteiger partial charge in [-0.05, 0) is 53.0 Å². The van der Waals surface area contributed by atoms with Crippen molar-refractivity contribution in [1.82, 2.24) is 9.78 Å². The molecule has 0 bridgehead atoms. The van der Waals surface area contributed by atoms with Gasteiger partial charge in [0.05, 0.1) is 11.4 Å². The Morgan fingerprint density at radius 2 is 1.21 bits per heavy atom. The highest BCUT2D eigenvalue weighted by molar-refractivity contribution is 5.70. The summed E-state index contributed by atoms with van der Waals surface area (Å²) in [6.07, 6.45) is 0.921. The minimum Gasteiger partial charge on any atom is -0.237 e. The lowest BCUT2D eigenvalue weighted by molar-refractivity contribution is 0.590. The van der Waals surface area contributed by atoms with Crippen molar-refractivity contribution in [3.8, 4) is 16.8 Å². The third-order valence-electron chi connectivity index (χ3n) is 5.54. The highest BCUT2D eigenvalue weighted by Gasteiger charge is 2.19. The SMILES string of the molecule is CCc1nn(-c2ccc(C(C)(C)C)cc2)c(C)c1-c1ccc(C(C)(C)C)cc1. The molecule has 0 spiro atoms. The third-order valence-corrected chi connectivity index (χ3v) is 5.54. The van der Waals surface area contributed by atoms with E-state index in [9.17, 15) is 0 Å². The van der Waals surface area contributed by atoms with Gasteiger partial charge in [-0.25, -0.2) is 4.68 Å². The van der Waals surface area contributed by atoms with E-state index in [2.05, 4.69) is 109 Å². The summed E-state index contributed by atoms with van der Waals surface area (Å²) in [6, 6.07) is 17.8. The zero-order valence-electron chi connectivity index (χ0n) is 18.7. The molecule has 0 saturated heterocycles. The first-order chi connectivity index (χ1) is 13.0. The quantitative estimate of drug-likeness (QED) is 0.482. The fraction of sp³-hybridized carbons (Fsp3) is 0.423. The van der Waals surface area contributed by atoms with E-state index >= 15 is 0 Å². The fourth-order valence-corrected chi connectivity index (χ4v) is 3.67. The van der Waals surface area contributed by atoms with Crippen molar-refractivity contribution in [1.29, 1.82) is 0 Å². The molecule has 1 aromatic heterocycles. The monoisotopic (exact) mass is 374 g/mol. The largest absolute Gasteiger partial charge is 0.237 e. The van der Waals surface area contributed by atoms with Gasteiger partial charge >= 0.3 is 0 Å². The second-order valence-corrected chi connectivity index (χ2v) is 9.80. The van der Waals surface area contributed by atoms with E-state index in [1.807, 2.05) is 0 Å². The molecule has 2 aromatic carbocycles. The Morgan fingerprint density at radius 3 is 1.64 bits per heavy atom. The van der Waals surface area contributed by atoms with E-state index in [1.54, 1.807) is 0 Å². The first-order valence-corrected chi connectivity index (χ1v) is 10.3. The Balaban J connectivity index is 2.04. The van der Waals surface area contributed by atoms with E-state index in [-0.39, 0.29) is 10.8 Å². The number of hydrogen-bond acceptors (Lipinski definition) is 1. The van der Waals surface area contributed by atoms with E-state index in [0.717, 1.165) is 17.8 Å². The lowest BCUT2D eigenvalue weighted by Gasteiger charge is -2.19. The Labute approximate surface area is 170 Å². The molecule has 0 saturated carbocycles. The smallest absolute Gasteiger partial charge is 0.0707 e. The van der Waals surface area contributed by atoms with E-state index in [4.69, 9.17) is 5.10 Å². The number of benzene rings is 2. The molecule has 0 fully saturated rings. The van der Waals surface area contributed by atoms with Crippen molar-refractivity contribution in [3.05, 3.63) is 71.0 Å². The highest BCUT2D eigenvalue weighted by atomic mass is 15.3. The van der Waals surface area contributed by atoms with Gasteiger partial charge in [-0.2, -0.15) is 5.10 Å². The van der Waals surface area contributed by atoms with Crippen molar-refractivity contribution in [2.75, 3.05) is 0 Å². The molecular formula is C26H34N2. The average Bonchev–Trinajstić information content (AvgIpc) is 2.97. The lowest BCUT2D eigenvalue weighted by atomic mass is 9.86. The highest BCUT2D eigenvalue weighted by Crippen LogP contribution is 2.32. The van der Waals surface area contributed by atoms with E-state index < -0.39 is 0 Å². The Bertz CT molecular complexity index is 944. The molecular weight excluding hydrogens is 340 g/mol. The van der Waals surface area contributed by atoms with Crippen LogP contribution in [0.1, 0.15) is 71.0 Å². The maximum atomic E-state index is 4.95. The summed E-state index contributed by atoms with van der Waals surface area (Å²) >= 11 is 0. The number of hydrogen-bond donors (Lipinski definition) is 0. The molecule has 0 amide bonds. The van der Waals surface area contributed by atoms with Gasteiger partial charge in [-0.3, -0.25) is 0 Å². The first-order valence-electron chi connectivity index (χ1n) is 10.3. The van der Waals surface area contributed by atoms with Crippen LogP contribution in [0, 0.1) is 6.92 Å². The van der Waals surface area contributed by atoms with Gasteiger partial charge in [0.1, 0.15) is 0 Å². The zero-order chi connectivity index (χ0) is 20.7. The molecule has 2 nitrogen and oxygen atoms in total. The third kappa shape index (κ3) is 3.92. The summed E-state index contributed by atoms with van der Waals surface area (Å²) in [5.74, 6) is 0. The maximum absolute atomic E-state index is 4.95. The van der Waals surface area contributed by atoms with Gasteiger partial charge < -0.3 is 0 Å². The van der Waals surface area contributed by atoms with Crippen LogP contribution in [-0.4, -0.2) is 9.78 Å². The van der Waals surface area contributed by atoms with Crippen LogP contribution in [0.3, 0.4) is 0 Å². The molecule has 0 aliphatic heterocycles. The molecule has 28 heavy (non-hydrogen) atoms. The van der Waals surface area contributed by atoms with Crippen LogP contribution in [0.4, 0.5) is 0 Å². The molecule has 1 heterocycles. The first kappa shape index (κ1) is 20.4. The van der Waals surface area contributed by atoms with Gasteiger partial charge in [0.25, 0.3) is 0 Å². The van der Waals surface area contributed by atoms with E-state index in [0.29, 0.717) is 0 Å². The molecule has 0 aliphatic carbocycles. The summed E-state index contributed by atoms with van der Waals surface area (Å²) in [7, 11) is 0. The second kappa shape index (κ2) is 7.24. The van der Waals surface area contributed by atoms with Crippen molar-refractivity contribution in [2.24, 2.45) is 0 Å². The minimum absolute atomic E-state index is 0.159. The molecule has 148 valence electrons. The van der Waals surface area contributed by atoms with Crippen molar-refractivity contribution >= 4 is 0 Å². The number of aryl methyl sites for hydroxylation is 1. The van der Waals surface area contributed by atoms with Crippen LogP contribution in [0.5, 0.6) is 0 Å². The average molecular weight is 375 g/mol. The predicted molar refractivity (Wildman–Crippen MR) is 121 cm³/mol. The molecule has 0 radical (unpaired) electrons. The minimum atomic E-state index is 0.159. The lowest BCUT2D eigenvalue weighted by Crippen LogP contribution is -2.11. The zero-order valence-corrected chi connectivity index (χ0v) is 18.7. The molecule has 2 heteroatoms. The normalized spacial score (nSPS) is 12.4. The molecule has 0 unspecified atom stereocenters. The van der Waals surface area contributed by atoms with Crippen LogP contribution in [-0.2, 0) is 17.3 Å².